The summed E-state index contributed by atoms with van der Waals surface area (Å²) in [5.74, 6) is -0.823. The van der Waals surface area contributed by atoms with E-state index in [0.717, 1.165) is 0 Å². The van der Waals surface area contributed by atoms with Gasteiger partial charge < -0.3 is 11.1 Å². The van der Waals surface area contributed by atoms with E-state index in [1.54, 1.807) is 13.1 Å². The van der Waals surface area contributed by atoms with Crippen molar-refractivity contribution in [3.05, 3.63) is 41.4 Å². The molecule has 7 heteroatoms. The van der Waals surface area contributed by atoms with Gasteiger partial charge in [-0.1, -0.05) is 11.6 Å². The van der Waals surface area contributed by atoms with Crippen LogP contribution in [-0.2, 0) is 4.79 Å². The van der Waals surface area contributed by atoms with Crippen LogP contribution >= 0.6 is 11.6 Å². The van der Waals surface area contributed by atoms with E-state index < -0.39 is 11.9 Å². The molecule has 1 atom stereocenters. The van der Waals surface area contributed by atoms with Gasteiger partial charge in [0.1, 0.15) is 11.9 Å². The number of nitrogens with zero attached hydrogens (tertiary/aromatic N) is 2. The van der Waals surface area contributed by atoms with Crippen molar-refractivity contribution < 1.29 is 9.18 Å². The molecule has 0 aliphatic carbocycles. The van der Waals surface area contributed by atoms with Gasteiger partial charge in [0, 0.05) is 11.9 Å². The van der Waals surface area contributed by atoms with Gasteiger partial charge in [0.2, 0.25) is 5.91 Å². The van der Waals surface area contributed by atoms with E-state index in [-0.39, 0.29) is 11.6 Å². The van der Waals surface area contributed by atoms with Gasteiger partial charge in [-0.15, -0.1) is 0 Å². The lowest BCUT2D eigenvalue weighted by atomic mass is 10.2. The Kier molecular flexibility index (Phi) is 3.71. The molecule has 0 spiro atoms. The Morgan fingerprint density at radius 2 is 2.32 bits per heavy atom. The van der Waals surface area contributed by atoms with Gasteiger partial charge in [-0.05, 0) is 25.1 Å². The molecule has 0 saturated carbocycles. The Balaban J connectivity index is 2.10. The molecule has 1 aromatic carbocycles. The first-order valence-electron chi connectivity index (χ1n) is 5.53. The van der Waals surface area contributed by atoms with E-state index in [9.17, 15) is 9.18 Å². The average Bonchev–Trinajstić information content (AvgIpc) is 2.79. The molecule has 2 aromatic rings. The minimum Gasteiger partial charge on any atom is -0.396 e. The van der Waals surface area contributed by atoms with Crippen LogP contribution in [0.2, 0.25) is 5.02 Å². The lowest BCUT2D eigenvalue weighted by Crippen LogP contribution is -2.24. The molecule has 2 rings (SSSR count). The summed E-state index contributed by atoms with van der Waals surface area (Å²) < 4.78 is 14.4. The number of nitrogens with two attached hydrogens (primary N) is 1. The minimum absolute atomic E-state index is 0.0208. The standard InChI is InChI=1S/C12H12ClFN4O/c1-7(18-6-8(13)5-16-18)12(19)17-9-2-3-10(14)11(15)4-9/h2-7H,15H2,1H3,(H,17,19). The largest absolute Gasteiger partial charge is 0.396 e. The number of hydrogen-bond donors (Lipinski definition) is 2. The predicted molar refractivity (Wildman–Crippen MR) is 71.4 cm³/mol. The topological polar surface area (TPSA) is 72.9 Å². The SMILES string of the molecule is CC(C(=O)Nc1ccc(F)c(N)c1)n1cc(Cl)cn1. The van der Waals surface area contributed by atoms with Crippen LogP contribution in [0.4, 0.5) is 15.8 Å². The van der Waals surface area contributed by atoms with Gasteiger partial charge in [0.15, 0.2) is 0 Å². The van der Waals surface area contributed by atoms with Gasteiger partial charge in [-0.3, -0.25) is 9.48 Å². The first-order valence-corrected chi connectivity index (χ1v) is 5.90. The van der Waals surface area contributed by atoms with Gasteiger partial charge in [-0.25, -0.2) is 4.39 Å². The summed E-state index contributed by atoms with van der Waals surface area (Å²) in [5, 5.41) is 7.03. The minimum atomic E-state index is -0.543. The summed E-state index contributed by atoms with van der Waals surface area (Å²) >= 11 is 5.73. The summed E-state index contributed by atoms with van der Waals surface area (Å²) in [6, 6.07) is 3.45. The molecule has 100 valence electrons. The van der Waals surface area contributed by atoms with Crippen LogP contribution in [0.3, 0.4) is 0 Å². The molecule has 1 aromatic heterocycles. The maximum Gasteiger partial charge on any atom is 0.248 e. The predicted octanol–water partition coefficient (Wildman–Crippen LogP) is 2.46. The van der Waals surface area contributed by atoms with E-state index in [1.807, 2.05) is 0 Å². The quantitative estimate of drug-likeness (QED) is 0.849. The maximum absolute atomic E-state index is 13.0. The number of aromatic nitrogens is 2. The molecule has 5 nitrogen and oxygen atoms in total. The molecule has 1 amide bonds. The van der Waals surface area contributed by atoms with Crippen LogP contribution in [0.25, 0.3) is 0 Å². The molecule has 3 N–H and O–H groups in total. The first kappa shape index (κ1) is 13.4. The molecule has 0 radical (unpaired) electrons. The molecule has 0 aliphatic heterocycles. The molecule has 0 bridgehead atoms. The highest BCUT2D eigenvalue weighted by atomic mass is 35.5. The van der Waals surface area contributed by atoms with Crippen LogP contribution in [0.5, 0.6) is 0 Å². The second kappa shape index (κ2) is 5.27. The third-order valence-corrected chi connectivity index (χ3v) is 2.80. The Bertz CT molecular complexity index is 614. The third-order valence-electron chi connectivity index (χ3n) is 2.61. The van der Waals surface area contributed by atoms with E-state index in [0.29, 0.717) is 10.7 Å². The smallest absolute Gasteiger partial charge is 0.248 e. The summed E-state index contributed by atoms with van der Waals surface area (Å²) in [5.41, 5.74) is 5.83. The first-order chi connectivity index (χ1) is 8.97. The van der Waals surface area contributed by atoms with E-state index in [2.05, 4.69) is 10.4 Å². The molecule has 0 aliphatic rings. The Morgan fingerprint density at radius 1 is 1.58 bits per heavy atom. The summed E-state index contributed by atoms with van der Waals surface area (Å²) in [7, 11) is 0. The molecule has 0 fully saturated rings. The van der Waals surface area contributed by atoms with Crippen molar-refractivity contribution in [2.45, 2.75) is 13.0 Å². The lowest BCUT2D eigenvalue weighted by Gasteiger charge is -2.13. The van der Waals surface area contributed by atoms with Crippen molar-refractivity contribution in [3.63, 3.8) is 0 Å². The number of hydrogen-bond acceptors (Lipinski definition) is 3. The molecule has 1 unspecified atom stereocenters. The summed E-state index contributed by atoms with van der Waals surface area (Å²) in [6.07, 6.45) is 2.99. The number of nitrogen functional groups attached to an aromatic ring is 1. The Morgan fingerprint density at radius 3 is 2.89 bits per heavy atom. The lowest BCUT2D eigenvalue weighted by molar-refractivity contribution is -0.119. The fourth-order valence-electron chi connectivity index (χ4n) is 1.51. The maximum atomic E-state index is 13.0. The third kappa shape index (κ3) is 3.03. The number of benzene rings is 1. The van der Waals surface area contributed by atoms with Gasteiger partial charge in [0.05, 0.1) is 16.9 Å². The van der Waals surface area contributed by atoms with Crippen molar-refractivity contribution in [1.29, 1.82) is 0 Å². The zero-order valence-corrected chi connectivity index (χ0v) is 10.9. The van der Waals surface area contributed by atoms with E-state index in [1.165, 1.54) is 29.1 Å². The fraction of sp³-hybridized carbons (Fsp3) is 0.167. The number of rotatable bonds is 3. The number of halogens is 2. The number of carbonyl (C=O) groups is 1. The zero-order chi connectivity index (χ0) is 14.0. The highest BCUT2D eigenvalue weighted by molar-refractivity contribution is 6.30. The molecular weight excluding hydrogens is 271 g/mol. The zero-order valence-electron chi connectivity index (χ0n) is 10.1. The van der Waals surface area contributed by atoms with Crippen LogP contribution in [0, 0.1) is 5.82 Å². The number of amides is 1. The van der Waals surface area contributed by atoms with E-state index in [4.69, 9.17) is 17.3 Å². The normalized spacial score (nSPS) is 12.2. The van der Waals surface area contributed by atoms with Crippen molar-refractivity contribution >= 4 is 28.9 Å². The van der Waals surface area contributed by atoms with Crippen LogP contribution in [0.15, 0.2) is 30.6 Å². The summed E-state index contributed by atoms with van der Waals surface area (Å²) in [6.45, 7) is 1.67. The molecular formula is C12H12ClFN4O. The molecule has 1 heterocycles. The van der Waals surface area contributed by atoms with Crippen molar-refractivity contribution in [2.75, 3.05) is 11.1 Å². The molecule has 0 saturated heterocycles. The van der Waals surface area contributed by atoms with Gasteiger partial charge in [-0.2, -0.15) is 5.10 Å². The fourth-order valence-corrected chi connectivity index (χ4v) is 1.66. The van der Waals surface area contributed by atoms with Crippen molar-refractivity contribution in [1.82, 2.24) is 9.78 Å². The number of carbonyl (C=O) groups excluding carboxylic acids is 1. The number of anilines is 2. The average molecular weight is 283 g/mol. The van der Waals surface area contributed by atoms with Gasteiger partial charge >= 0.3 is 0 Å². The number of nitrogens with one attached hydrogen (secondary N) is 1. The second-order valence-electron chi connectivity index (χ2n) is 4.04. The highest BCUT2D eigenvalue weighted by Crippen LogP contribution is 2.18. The highest BCUT2D eigenvalue weighted by Gasteiger charge is 2.16. The van der Waals surface area contributed by atoms with Crippen LogP contribution in [-0.4, -0.2) is 15.7 Å². The van der Waals surface area contributed by atoms with E-state index >= 15 is 0 Å². The summed E-state index contributed by atoms with van der Waals surface area (Å²) in [4.78, 5) is 12.0. The van der Waals surface area contributed by atoms with Gasteiger partial charge in [0.25, 0.3) is 0 Å². The van der Waals surface area contributed by atoms with Crippen molar-refractivity contribution in [3.8, 4) is 0 Å². The van der Waals surface area contributed by atoms with Crippen molar-refractivity contribution in [2.24, 2.45) is 0 Å². The second-order valence-corrected chi connectivity index (χ2v) is 4.48. The van der Waals surface area contributed by atoms with Crippen LogP contribution < -0.4 is 11.1 Å². The Labute approximate surface area is 114 Å². The molecule has 19 heavy (non-hydrogen) atoms. The monoisotopic (exact) mass is 282 g/mol. The van der Waals surface area contributed by atoms with Crippen LogP contribution in [0.1, 0.15) is 13.0 Å². The Hall–Kier alpha value is -2.08.